The number of carbonyl (C=O) groups is 2. The summed E-state index contributed by atoms with van der Waals surface area (Å²) in [5, 5.41) is 11.8. The van der Waals surface area contributed by atoms with Crippen LogP contribution in [0.5, 0.6) is 0 Å². The van der Waals surface area contributed by atoms with Crippen LogP contribution < -0.4 is 0 Å². The van der Waals surface area contributed by atoms with E-state index >= 15 is 0 Å². The Balaban J connectivity index is 1.39. The SMILES string of the molecule is CC(O)(CC(=O)OS(c1ccccc1)(c1ccccc1)c1ccccc1)C(=O)OS(c1ccccc1)(c1ccccc1)c1ccccc1. The van der Waals surface area contributed by atoms with Gasteiger partial charge in [-0.2, -0.15) is 0 Å². The molecule has 6 rings (SSSR count). The van der Waals surface area contributed by atoms with E-state index in [4.69, 9.17) is 8.37 Å². The number of carbonyl (C=O) groups excluding carboxylic acids is 2. The second kappa shape index (κ2) is 14.4. The molecule has 0 aromatic heterocycles. The van der Waals surface area contributed by atoms with Crippen LogP contribution in [-0.2, 0) is 18.0 Å². The number of aliphatic hydroxyl groups is 1. The highest BCUT2D eigenvalue weighted by Crippen LogP contribution is 2.70. The van der Waals surface area contributed by atoms with E-state index in [1.165, 1.54) is 6.92 Å². The van der Waals surface area contributed by atoms with Crippen LogP contribution in [0.4, 0.5) is 0 Å². The van der Waals surface area contributed by atoms with Gasteiger partial charge in [0, 0.05) is 29.4 Å². The summed E-state index contributed by atoms with van der Waals surface area (Å²) >= 11 is 0. The predicted octanol–water partition coefficient (Wildman–Crippen LogP) is 10.0. The molecule has 48 heavy (non-hydrogen) atoms. The molecule has 0 bridgehead atoms. The molecule has 7 heteroatoms. The van der Waals surface area contributed by atoms with Crippen molar-refractivity contribution in [2.75, 3.05) is 0 Å². The average molecular weight is 673 g/mol. The maximum Gasteiger partial charge on any atom is 0.349 e. The zero-order valence-electron chi connectivity index (χ0n) is 26.4. The van der Waals surface area contributed by atoms with Gasteiger partial charge < -0.3 is 13.5 Å². The van der Waals surface area contributed by atoms with Crippen molar-refractivity contribution in [2.24, 2.45) is 0 Å². The summed E-state index contributed by atoms with van der Waals surface area (Å²) in [7, 11) is -5.27. The Bertz CT molecular complexity index is 1740. The van der Waals surface area contributed by atoms with E-state index in [0.29, 0.717) is 0 Å². The first-order chi connectivity index (χ1) is 23.4. The van der Waals surface area contributed by atoms with Crippen molar-refractivity contribution in [1.82, 2.24) is 0 Å². The van der Waals surface area contributed by atoms with Crippen LogP contribution >= 0.6 is 20.6 Å². The molecule has 1 unspecified atom stereocenters. The van der Waals surface area contributed by atoms with Gasteiger partial charge in [0.1, 0.15) is 0 Å². The van der Waals surface area contributed by atoms with Crippen molar-refractivity contribution in [2.45, 2.75) is 48.3 Å². The molecule has 0 saturated carbocycles. The van der Waals surface area contributed by atoms with E-state index in [1.54, 1.807) is 0 Å². The fourth-order valence-electron chi connectivity index (χ4n) is 5.50. The minimum Gasteiger partial charge on any atom is -0.402 e. The summed E-state index contributed by atoms with van der Waals surface area (Å²) in [5.74, 6) is -1.66. The lowest BCUT2D eigenvalue weighted by atomic mass is 10.0. The van der Waals surface area contributed by atoms with E-state index in [9.17, 15) is 14.7 Å². The maximum absolute atomic E-state index is 14.3. The highest BCUT2D eigenvalue weighted by Gasteiger charge is 2.45. The molecule has 6 aromatic carbocycles. The van der Waals surface area contributed by atoms with Gasteiger partial charge in [-0.25, -0.2) is 4.79 Å². The van der Waals surface area contributed by atoms with Gasteiger partial charge in [0.2, 0.25) is 0 Å². The average Bonchev–Trinajstić information content (AvgIpc) is 3.14. The number of rotatable bonds is 11. The lowest BCUT2D eigenvalue weighted by Gasteiger charge is -2.42. The summed E-state index contributed by atoms with van der Waals surface area (Å²) in [6.45, 7) is 1.31. The van der Waals surface area contributed by atoms with Gasteiger partial charge in [-0.05, 0) is 100 Å². The quantitative estimate of drug-likeness (QED) is 0.148. The molecule has 5 nitrogen and oxygen atoms in total. The standard InChI is InChI=1S/C41H36O5S2/c1-41(44,40(43)46-48(36-26-14-5-15-27-36,37-28-16-6-17-29-37)38-30-18-7-19-31-38)32-39(42)45-47(33-20-8-2-9-21-33,34-22-10-3-11-23-34)35-24-12-4-13-25-35/h2-31,44H,32H2,1H3. The molecule has 6 aromatic rings. The van der Waals surface area contributed by atoms with Crippen molar-refractivity contribution < 1.29 is 23.1 Å². The molecule has 1 N–H and O–H groups in total. The summed E-state index contributed by atoms with van der Waals surface area (Å²) in [6.07, 6.45) is -0.624. The van der Waals surface area contributed by atoms with Crippen LogP contribution in [0.15, 0.2) is 211 Å². The molecule has 0 radical (unpaired) electrons. The van der Waals surface area contributed by atoms with Crippen LogP contribution in [0.2, 0.25) is 0 Å². The van der Waals surface area contributed by atoms with E-state index < -0.39 is 44.6 Å². The van der Waals surface area contributed by atoms with E-state index in [0.717, 1.165) is 29.4 Å². The second-order valence-electron chi connectivity index (χ2n) is 11.3. The first kappa shape index (κ1) is 32.8. The Morgan fingerprint density at radius 2 is 0.688 bits per heavy atom. The van der Waals surface area contributed by atoms with Crippen molar-refractivity contribution in [3.63, 3.8) is 0 Å². The van der Waals surface area contributed by atoms with Crippen LogP contribution in [0.3, 0.4) is 0 Å². The normalized spacial score (nSPS) is 13.5. The van der Waals surface area contributed by atoms with Crippen LogP contribution in [0, 0.1) is 0 Å². The fraction of sp³-hybridized carbons (Fsp3) is 0.0732. The van der Waals surface area contributed by atoms with Gasteiger partial charge >= 0.3 is 11.9 Å². The third kappa shape index (κ3) is 6.53. The molecule has 0 aliphatic rings. The highest BCUT2D eigenvalue weighted by atomic mass is 32.3. The molecule has 0 aliphatic carbocycles. The summed E-state index contributed by atoms with van der Waals surface area (Å²) in [6, 6.07) is 57.4. The molecular weight excluding hydrogens is 637 g/mol. The van der Waals surface area contributed by atoms with E-state index in [2.05, 4.69) is 0 Å². The Kier molecular flexibility index (Phi) is 9.82. The van der Waals surface area contributed by atoms with Gasteiger partial charge in [-0.1, -0.05) is 109 Å². The molecule has 0 saturated heterocycles. The third-order valence-electron chi connectivity index (χ3n) is 7.80. The number of hydrogen-bond donors (Lipinski definition) is 1. The summed E-state index contributed by atoms with van der Waals surface area (Å²) < 4.78 is 13.1. The molecule has 242 valence electrons. The van der Waals surface area contributed by atoms with Crippen molar-refractivity contribution >= 4 is 32.6 Å². The monoisotopic (exact) mass is 672 g/mol. The zero-order valence-corrected chi connectivity index (χ0v) is 28.1. The molecule has 0 spiro atoms. The van der Waals surface area contributed by atoms with Crippen LogP contribution in [0.25, 0.3) is 0 Å². The van der Waals surface area contributed by atoms with Crippen molar-refractivity contribution in [3.05, 3.63) is 182 Å². The molecule has 0 heterocycles. The summed E-state index contributed by atoms with van der Waals surface area (Å²) in [4.78, 5) is 33.1. The summed E-state index contributed by atoms with van der Waals surface area (Å²) in [5.41, 5.74) is -2.22. The molecule has 0 aliphatic heterocycles. The molecule has 0 fully saturated rings. The number of hydrogen-bond acceptors (Lipinski definition) is 5. The molecule has 0 amide bonds. The van der Waals surface area contributed by atoms with Crippen molar-refractivity contribution in [1.29, 1.82) is 0 Å². The zero-order chi connectivity index (χ0) is 33.5. The van der Waals surface area contributed by atoms with E-state index in [1.807, 2.05) is 182 Å². The highest BCUT2D eigenvalue weighted by molar-refractivity contribution is 8.30. The van der Waals surface area contributed by atoms with Gasteiger partial charge in [-0.3, -0.25) is 4.79 Å². The Hall–Kier alpha value is -5.08. The molecular formula is C41H36O5S2. The Morgan fingerprint density at radius 1 is 0.458 bits per heavy atom. The topological polar surface area (TPSA) is 72.8 Å². The van der Waals surface area contributed by atoms with Gasteiger partial charge in [0.05, 0.1) is 6.42 Å². The third-order valence-corrected chi connectivity index (χ3v) is 14.3. The van der Waals surface area contributed by atoms with Crippen LogP contribution in [0.1, 0.15) is 13.3 Å². The van der Waals surface area contributed by atoms with Gasteiger partial charge in [-0.15, -0.1) is 0 Å². The first-order valence-corrected chi connectivity index (χ1v) is 18.6. The predicted molar refractivity (Wildman–Crippen MR) is 191 cm³/mol. The van der Waals surface area contributed by atoms with Gasteiger partial charge in [0.15, 0.2) is 5.60 Å². The Morgan fingerprint density at radius 3 is 0.938 bits per heavy atom. The van der Waals surface area contributed by atoms with Crippen molar-refractivity contribution in [3.8, 4) is 0 Å². The second-order valence-corrected chi connectivity index (χ2v) is 16.7. The molecule has 1 atom stereocenters. The maximum atomic E-state index is 14.3. The smallest absolute Gasteiger partial charge is 0.349 e. The minimum atomic E-state index is -2.67. The lowest BCUT2D eigenvalue weighted by molar-refractivity contribution is -0.158. The first-order valence-electron chi connectivity index (χ1n) is 15.5. The Labute approximate surface area is 284 Å². The fourth-order valence-corrected chi connectivity index (χ4v) is 11.7. The lowest BCUT2D eigenvalue weighted by Crippen LogP contribution is -2.40. The minimum absolute atomic E-state index is 0.624. The van der Waals surface area contributed by atoms with Gasteiger partial charge in [0.25, 0.3) is 0 Å². The number of benzene rings is 6. The largest absolute Gasteiger partial charge is 0.402 e. The van der Waals surface area contributed by atoms with E-state index in [-0.39, 0.29) is 0 Å². The van der Waals surface area contributed by atoms with Crippen LogP contribution in [-0.4, -0.2) is 22.6 Å².